The molecule has 3 nitrogen and oxygen atoms in total. The van der Waals surface area contributed by atoms with Crippen LogP contribution in [-0.2, 0) is 0 Å². The Morgan fingerprint density at radius 2 is 1.90 bits per heavy atom. The summed E-state index contributed by atoms with van der Waals surface area (Å²) in [5.74, 6) is 0. The molecule has 0 unspecified atom stereocenters. The van der Waals surface area contributed by atoms with Crippen LogP contribution in [0.2, 0.25) is 0 Å². The number of benzene rings is 2. The molecule has 0 fully saturated rings. The van der Waals surface area contributed by atoms with Crippen LogP contribution in [0.3, 0.4) is 0 Å². The van der Waals surface area contributed by atoms with E-state index in [1.807, 2.05) is 55.5 Å². The normalized spacial score (nSPS) is 10.4. The summed E-state index contributed by atoms with van der Waals surface area (Å²) in [6, 6.07) is 17.8. The Morgan fingerprint density at radius 1 is 1.10 bits per heavy atom. The van der Waals surface area contributed by atoms with Crippen LogP contribution in [0.1, 0.15) is 11.3 Å². The van der Waals surface area contributed by atoms with Gasteiger partial charge in [0, 0.05) is 16.6 Å². The maximum atomic E-state index is 9.33. The van der Waals surface area contributed by atoms with Crippen LogP contribution in [0, 0.1) is 18.3 Å². The molecule has 0 bridgehead atoms. The first kappa shape index (κ1) is 12.2. The second-order valence-corrected chi connectivity index (χ2v) is 4.76. The number of aryl methyl sites for hydroxylation is 1. The van der Waals surface area contributed by atoms with E-state index < -0.39 is 0 Å². The minimum Gasteiger partial charge on any atom is -0.399 e. The van der Waals surface area contributed by atoms with Gasteiger partial charge in [0.1, 0.15) is 11.8 Å². The van der Waals surface area contributed by atoms with Gasteiger partial charge in [-0.15, -0.1) is 0 Å². The Hall–Kier alpha value is -2.86. The molecule has 3 rings (SSSR count). The summed E-state index contributed by atoms with van der Waals surface area (Å²) in [5.41, 5.74) is 10.7. The minimum atomic E-state index is 0.438. The highest BCUT2D eigenvalue weighted by molar-refractivity contribution is 5.86. The zero-order chi connectivity index (χ0) is 14.1. The van der Waals surface area contributed by atoms with Gasteiger partial charge < -0.3 is 5.73 Å². The van der Waals surface area contributed by atoms with Gasteiger partial charge in [-0.1, -0.05) is 24.3 Å². The maximum absolute atomic E-state index is 9.33. The Kier molecular flexibility index (Phi) is 2.85. The largest absolute Gasteiger partial charge is 0.399 e. The van der Waals surface area contributed by atoms with Gasteiger partial charge in [-0.25, -0.2) is 4.98 Å². The number of hydrogen-bond donors (Lipinski definition) is 1. The number of pyridine rings is 1. The molecule has 0 spiro atoms. The molecule has 1 heterocycles. The van der Waals surface area contributed by atoms with Gasteiger partial charge in [0.25, 0.3) is 0 Å². The average Bonchev–Trinajstić information content (AvgIpc) is 2.48. The third kappa shape index (κ3) is 1.98. The monoisotopic (exact) mass is 259 g/mol. The Balaban J connectivity index is 2.29. The number of nitrogen functional groups attached to an aromatic ring is 1. The first-order valence-corrected chi connectivity index (χ1v) is 6.35. The number of aromatic nitrogens is 1. The van der Waals surface area contributed by atoms with Gasteiger partial charge >= 0.3 is 0 Å². The van der Waals surface area contributed by atoms with E-state index in [0.717, 1.165) is 33.3 Å². The summed E-state index contributed by atoms with van der Waals surface area (Å²) in [5, 5.41) is 10.3. The zero-order valence-electron chi connectivity index (χ0n) is 11.1. The van der Waals surface area contributed by atoms with Crippen molar-refractivity contribution < 1.29 is 0 Å². The molecule has 0 saturated carbocycles. The fraction of sp³-hybridized carbons (Fsp3) is 0.0588. The van der Waals surface area contributed by atoms with Gasteiger partial charge in [0.15, 0.2) is 0 Å². The van der Waals surface area contributed by atoms with E-state index >= 15 is 0 Å². The van der Waals surface area contributed by atoms with Crippen molar-refractivity contribution in [2.75, 3.05) is 5.73 Å². The van der Waals surface area contributed by atoms with Crippen molar-refractivity contribution >= 4 is 16.6 Å². The molecule has 0 aliphatic rings. The second-order valence-electron chi connectivity index (χ2n) is 4.76. The highest BCUT2D eigenvalue weighted by Gasteiger charge is 2.09. The number of fused-ring (bicyclic) bond motifs is 1. The molecule has 0 aliphatic heterocycles. The second kappa shape index (κ2) is 4.67. The first-order valence-electron chi connectivity index (χ1n) is 6.35. The van der Waals surface area contributed by atoms with E-state index in [1.54, 1.807) is 0 Å². The molecule has 0 saturated heterocycles. The van der Waals surface area contributed by atoms with Crippen LogP contribution in [0.4, 0.5) is 5.69 Å². The van der Waals surface area contributed by atoms with Crippen LogP contribution in [0.5, 0.6) is 0 Å². The lowest BCUT2D eigenvalue weighted by molar-refractivity contribution is 1.32. The van der Waals surface area contributed by atoms with Gasteiger partial charge in [0.05, 0.1) is 5.52 Å². The SMILES string of the molecule is Cc1cc(-c2cc3ccccc3nc2C#N)ccc1N. The Labute approximate surface area is 117 Å². The van der Waals surface area contributed by atoms with E-state index in [-0.39, 0.29) is 0 Å². The number of nitriles is 1. The molecule has 2 N–H and O–H groups in total. The zero-order valence-corrected chi connectivity index (χ0v) is 11.1. The fourth-order valence-corrected chi connectivity index (χ4v) is 2.26. The number of rotatable bonds is 1. The third-order valence-corrected chi connectivity index (χ3v) is 3.41. The standard InChI is InChI=1S/C17H13N3/c1-11-8-12(6-7-15(11)19)14-9-13-4-2-3-5-16(13)20-17(14)10-18/h2-9H,19H2,1H3. The summed E-state index contributed by atoms with van der Waals surface area (Å²) in [7, 11) is 0. The van der Waals surface area contributed by atoms with E-state index in [2.05, 4.69) is 11.1 Å². The summed E-state index contributed by atoms with van der Waals surface area (Å²) in [4.78, 5) is 4.43. The van der Waals surface area contributed by atoms with Crippen molar-refractivity contribution in [1.82, 2.24) is 4.98 Å². The van der Waals surface area contributed by atoms with Gasteiger partial charge in [-0.3, -0.25) is 0 Å². The molecule has 0 aliphatic carbocycles. The van der Waals surface area contributed by atoms with Crippen LogP contribution < -0.4 is 5.73 Å². The van der Waals surface area contributed by atoms with Crippen molar-refractivity contribution in [3.8, 4) is 17.2 Å². The lowest BCUT2D eigenvalue weighted by Gasteiger charge is -2.08. The highest BCUT2D eigenvalue weighted by atomic mass is 14.7. The predicted octanol–water partition coefficient (Wildman–Crippen LogP) is 3.66. The summed E-state index contributed by atoms with van der Waals surface area (Å²) in [6.07, 6.45) is 0. The van der Waals surface area contributed by atoms with Crippen molar-refractivity contribution in [3.05, 3.63) is 59.8 Å². The molecule has 3 aromatic rings. The summed E-state index contributed by atoms with van der Waals surface area (Å²) in [6.45, 7) is 1.96. The lowest BCUT2D eigenvalue weighted by Crippen LogP contribution is -1.93. The van der Waals surface area contributed by atoms with Crippen LogP contribution in [0.25, 0.3) is 22.0 Å². The fourth-order valence-electron chi connectivity index (χ4n) is 2.26. The smallest absolute Gasteiger partial charge is 0.149 e. The van der Waals surface area contributed by atoms with E-state index in [1.165, 1.54) is 0 Å². The third-order valence-electron chi connectivity index (χ3n) is 3.41. The van der Waals surface area contributed by atoms with Crippen molar-refractivity contribution in [2.45, 2.75) is 6.92 Å². The quantitative estimate of drug-likeness (QED) is 0.678. The molecule has 3 heteroatoms. The molecule has 20 heavy (non-hydrogen) atoms. The average molecular weight is 259 g/mol. The number of hydrogen-bond acceptors (Lipinski definition) is 3. The van der Waals surface area contributed by atoms with Gasteiger partial charge in [-0.2, -0.15) is 5.26 Å². The van der Waals surface area contributed by atoms with E-state index in [9.17, 15) is 5.26 Å². The van der Waals surface area contributed by atoms with Gasteiger partial charge in [0.2, 0.25) is 0 Å². The van der Waals surface area contributed by atoms with Gasteiger partial charge in [-0.05, 0) is 42.3 Å². The van der Waals surface area contributed by atoms with Crippen molar-refractivity contribution in [3.63, 3.8) is 0 Å². The van der Waals surface area contributed by atoms with E-state index in [0.29, 0.717) is 5.69 Å². The topological polar surface area (TPSA) is 62.7 Å². The summed E-state index contributed by atoms with van der Waals surface area (Å²) >= 11 is 0. The molecule has 2 aromatic carbocycles. The summed E-state index contributed by atoms with van der Waals surface area (Å²) < 4.78 is 0. The van der Waals surface area contributed by atoms with Crippen molar-refractivity contribution in [2.24, 2.45) is 0 Å². The predicted molar refractivity (Wildman–Crippen MR) is 81.0 cm³/mol. The first-order chi connectivity index (χ1) is 9.69. The Morgan fingerprint density at radius 3 is 2.65 bits per heavy atom. The Bertz CT molecular complexity index is 844. The van der Waals surface area contributed by atoms with Crippen LogP contribution in [0.15, 0.2) is 48.5 Å². The van der Waals surface area contributed by atoms with Crippen LogP contribution >= 0.6 is 0 Å². The number of nitrogens with two attached hydrogens (primary N) is 1. The molecule has 0 radical (unpaired) electrons. The number of para-hydroxylation sites is 1. The molecule has 0 amide bonds. The number of nitrogens with zero attached hydrogens (tertiary/aromatic N) is 2. The highest BCUT2D eigenvalue weighted by Crippen LogP contribution is 2.28. The van der Waals surface area contributed by atoms with Crippen molar-refractivity contribution in [1.29, 1.82) is 5.26 Å². The molecule has 1 aromatic heterocycles. The number of anilines is 1. The molecule has 0 atom stereocenters. The van der Waals surface area contributed by atoms with Crippen LogP contribution in [-0.4, -0.2) is 4.98 Å². The maximum Gasteiger partial charge on any atom is 0.149 e. The van der Waals surface area contributed by atoms with E-state index in [4.69, 9.17) is 5.73 Å². The minimum absolute atomic E-state index is 0.438. The molecular formula is C17H13N3. The lowest BCUT2D eigenvalue weighted by atomic mass is 9.99. The molecular weight excluding hydrogens is 246 g/mol. The molecule has 96 valence electrons.